The molecule has 0 aromatic heterocycles. The molecule has 0 fully saturated rings. The standard InChI is InChI=1S/C5H11NO2S4.Zn/c7-5(8)6(3(11)1-9)4(12)2-10;/h3-4,9-12H,1-2H2,(H,7,8);. The molecule has 0 radical (unpaired) electrons. The molecule has 2 atom stereocenters. The monoisotopic (exact) mass is 309 g/mol. The summed E-state index contributed by atoms with van der Waals surface area (Å²) in [6, 6.07) is 0. The van der Waals surface area contributed by atoms with E-state index in [-0.39, 0.29) is 19.5 Å². The molecule has 8 heteroatoms. The van der Waals surface area contributed by atoms with Crippen molar-refractivity contribution in [2.45, 2.75) is 10.7 Å². The molecule has 2 unspecified atom stereocenters. The van der Waals surface area contributed by atoms with Crippen LogP contribution in [0.2, 0.25) is 0 Å². The Morgan fingerprint density at radius 2 is 1.54 bits per heavy atom. The van der Waals surface area contributed by atoms with E-state index < -0.39 is 16.8 Å². The molecule has 3 nitrogen and oxygen atoms in total. The summed E-state index contributed by atoms with van der Waals surface area (Å²) in [7, 11) is 0. The van der Waals surface area contributed by atoms with Gasteiger partial charge in [-0.2, -0.15) is 50.5 Å². The third-order valence-corrected chi connectivity index (χ3v) is 3.32. The summed E-state index contributed by atoms with van der Waals surface area (Å²) in [5, 5.41) is 7.85. The van der Waals surface area contributed by atoms with E-state index >= 15 is 0 Å². The van der Waals surface area contributed by atoms with Crippen LogP contribution in [-0.4, -0.2) is 38.4 Å². The number of hydrogen-bond donors (Lipinski definition) is 5. The minimum Gasteiger partial charge on any atom is -0.465 e. The molecule has 0 saturated heterocycles. The van der Waals surface area contributed by atoms with E-state index in [0.29, 0.717) is 11.5 Å². The van der Waals surface area contributed by atoms with Crippen LogP contribution in [0, 0.1) is 0 Å². The maximum Gasteiger partial charge on any atom is 0.409 e. The summed E-state index contributed by atoms with van der Waals surface area (Å²) in [5.74, 6) is 0.695. The first-order valence-corrected chi connectivity index (χ1v) is 5.43. The average Bonchev–Trinajstić information content (AvgIpc) is 2.03. The normalized spacial score (nSPS) is 14.2. The number of thiol groups is 4. The predicted molar refractivity (Wildman–Crippen MR) is 63.1 cm³/mol. The Morgan fingerprint density at radius 3 is 1.69 bits per heavy atom. The van der Waals surface area contributed by atoms with E-state index in [0.717, 1.165) is 4.90 Å². The van der Waals surface area contributed by atoms with Crippen LogP contribution >= 0.6 is 50.5 Å². The largest absolute Gasteiger partial charge is 0.465 e. The van der Waals surface area contributed by atoms with Crippen molar-refractivity contribution in [3.05, 3.63) is 0 Å². The molecule has 0 heterocycles. The van der Waals surface area contributed by atoms with E-state index in [1.54, 1.807) is 0 Å². The fourth-order valence-corrected chi connectivity index (χ4v) is 1.61. The zero-order valence-electron chi connectivity index (χ0n) is 6.87. The molecule has 1 amide bonds. The van der Waals surface area contributed by atoms with E-state index in [1.807, 2.05) is 0 Å². The van der Waals surface area contributed by atoms with Crippen LogP contribution in [0.5, 0.6) is 0 Å². The van der Waals surface area contributed by atoms with Crippen LogP contribution < -0.4 is 0 Å². The number of amides is 1. The van der Waals surface area contributed by atoms with Crippen molar-refractivity contribution < 1.29 is 29.4 Å². The molecule has 0 aliphatic carbocycles. The summed E-state index contributed by atoms with van der Waals surface area (Å²) >= 11 is 16.0. The Bertz CT molecular complexity index is 151. The van der Waals surface area contributed by atoms with Gasteiger partial charge >= 0.3 is 6.09 Å². The number of hydrogen-bond acceptors (Lipinski definition) is 5. The quantitative estimate of drug-likeness (QED) is 0.309. The Hall–Kier alpha value is 1.29. The fraction of sp³-hybridized carbons (Fsp3) is 0.800. The minimum atomic E-state index is -1.06. The maximum absolute atomic E-state index is 10.7. The number of carboxylic acid groups (broad SMARTS) is 1. The van der Waals surface area contributed by atoms with Gasteiger partial charge in [0.1, 0.15) is 0 Å². The fourth-order valence-electron chi connectivity index (χ4n) is 0.630. The third-order valence-electron chi connectivity index (χ3n) is 1.19. The number of rotatable bonds is 4. The molecule has 74 valence electrons. The van der Waals surface area contributed by atoms with Crippen LogP contribution in [0.3, 0.4) is 0 Å². The van der Waals surface area contributed by atoms with Gasteiger partial charge in [0.05, 0.1) is 10.7 Å². The van der Waals surface area contributed by atoms with Gasteiger partial charge in [-0.15, -0.1) is 0 Å². The van der Waals surface area contributed by atoms with Crippen molar-refractivity contribution in [3.8, 4) is 0 Å². The van der Waals surface area contributed by atoms with E-state index in [9.17, 15) is 4.79 Å². The summed E-state index contributed by atoms with van der Waals surface area (Å²) in [6.45, 7) is 0. The summed E-state index contributed by atoms with van der Waals surface area (Å²) in [6.07, 6.45) is -1.06. The SMILES string of the molecule is O=C(O)N(C(S)CS)C(S)CS.[Zn]. The van der Waals surface area contributed by atoms with Crippen LogP contribution in [0.15, 0.2) is 0 Å². The Balaban J connectivity index is 0. The molecule has 1 N–H and O–H groups in total. The first-order chi connectivity index (χ1) is 5.54. The minimum absolute atomic E-state index is 0. The molecule has 13 heavy (non-hydrogen) atoms. The molecule has 0 saturated carbocycles. The molecule has 0 bridgehead atoms. The zero-order valence-corrected chi connectivity index (χ0v) is 13.4. The van der Waals surface area contributed by atoms with Gasteiger partial charge in [0.2, 0.25) is 0 Å². The maximum atomic E-state index is 10.7. The van der Waals surface area contributed by atoms with Crippen molar-refractivity contribution >= 4 is 56.6 Å². The Morgan fingerprint density at radius 1 is 1.23 bits per heavy atom. The molecule has 0 aromatic rings. The summed E-state index contributed by atoms with van der Waals surface area (Å²) < 4.78 is 0. The molecule has 0 aromatic carbocycles. The van der Waals surface area contributed by atoms with E-state index in [4.69, 9.17) is 5.11 Å². The predicted octanol–water partition coefficient (Wildman–Crippen LogP) is 1.34. The topological polar surface area (TPSA) is 40.5 Å². The van der Waals surface area contributed by atoms with Gasteiger partial charge in [-0.25, -0.2) is 4.79 Å². The van der Waals surface area contributed by atoms with Crippen molar-refractivity contribution in [1.29, 1.82) is 0 Å². The van der Waals surface area contributed by atoms with Gasteiger partial charge in [0.25, 0.3) is 0 Å². The van der Waals surface area contributed by atoms with Crippen molar-refractivity contribution in [2.75, 3.05) is 11.5 Å². The summed E-state index contributed by atoms with van der Waals surface area (Å²) in [4.78, 5) is 11.8. The summed E-state index contributed by atoms with van der Waals surface area (Å²) in [5.41, 5.74) is 0. The van der Waals surface area contributed by atoms with Gasteiger partial charge in [0, 0.05) is 31.0 Å². The smallest absolute Gasteiger partial charge is 0.409 e. The van der Waals surface area contributed by atoms with Crippen LogP contribution in [0.4, 0.5) is 4.79 Å². The molecule has 0 aliphatic rings. The van der Waals surface area contributed by atoms with Gasteiger partial charge in [0.15, 0.2) is 0 Å². The molecule has 0 spiro atoms. The van der Waals surface area contributed by atoms with Crippen molar-refractivity contribution in [2.24, 2.45) is 0 Å². The number of carbonyl (C=O) groups is 1. The van der Waals surface area contributed by atoms with Gasteiger partial charge < -0.3 is 5.11 Å². The number of nitrogens with zero attached hydrogens (tertiary/aromatic N) is 1. The van der Waals surface area contributed by atoms with Gasteiger partial charge in [-0.3, -0.25) is 4.90 Å². The van der Waals surface area contributed by atoms with Crippen LogP contribution in [-0.2, 0) is 19.5 Å². The van der Waals surface area contributed by atoms with Crippen molar-refractivity contribution in [1.82, 2.24) is 4.90 Å². The van der Waals surface area contributed by atoms with Gasteiger partial charge in [-0.1, -0.05) is 0 Å². The Labute approximate surface area is 112 Å². The molecular weight excluding hydrogens is 300 g/mol. The first-order valence-electron chi connectivity index (χ1n) is 3.13. The van der Waals surface area contributed by atoms with E-state index in [2.05, 4.69) is 50.5 Å². The van der Waals surface area contributed by atoms with E-state index in [1.165, 1.54) is 0 Å². The Kier molecular flexibility index (Phi) is 11.0. The second-order valence-electron chi connectivity index (χ2n) is 2.02. The molecular formula is C5H11NO2S4Zn. The first kappa shape index (κ1) is 16.7. The third kappa shape index (κ3) is 5.67. The van der Waals surface area contributed by atoms with Crippen LogP contribution in [0.1, 0.15) is 0 Å². The van der Waals surface area contributed by atoms with Gasteiger partial charge in [-0.05, 0) is 0 Å². The van der Waals surface area contributed by atoms with Crippen LogP contribution in [0.25, 0.3) is 0 Å². The molecule has 0 aliphatic heterocycles. The second-order valence-corrected chi connectivity index (χ2v) is 3.94. The van der Waals surface area contributed by atoms with Crippen molar-refractivity contribution in [3.63, 3.8) is 0 Å². The second kappa shape index (κ2) is 8.59. The molecule has 0 rings (SSSR count). The zero-order chi connectivity index (χ0) is 9.72. The average molecular weight is 311 g/mol.